The monoisotopic (exact) mass is 599 g/mol. The Bertz CT molecular complexity index is 1280. The number of hydrogen-bond donors (Lipinski definition) is 9. The van der Waals surface area contributed by atoms with Gasteiger partial charge in [0, 0.05) is 19.4 Å². The zero-order chi connectivity index (χ0) is 31.9. The fourth-order valence-corrected chi connectivity index (χ4v) is 4.00. The van der Waals surface area contributed by atoms with Crippen molar-refractivity contribution in [3.05, 3.63) is 65.7 Å². The van der Waals surface area contributed by atoms with Crippen molar-refractivity contribution in [2.75, 3.05) is 6.54 Å². The van der Waals surface area contributed by atoms with E-state index in [0.717, 1.165) is 0 Å². The van der Waals surface area contributed by atoms with Gasteiger partial charge in [0.1, 0.15) is 23.9 Å². The minimum Gasteiger partial charge on any atom is -0.508 e. The second-order valence-electron chi connectivity index (χ2n) is 9.74. The number of nitrogens with two attached hydrogens (primary N) is 3. The summed E-state index contributed by atoms with van der Waals surface area (Å²) in [6.45, 7) is 0.120. The number of benzene rings is 2. The molecule has 0 heterocycles. The molecule has 0 bridgehead atoms. The summed E-state index contributed by atoms with van der Waals surface area (Å²) in [5.74, 6) is -5.28. The summed E-state index contributed by atoms with van der Waals surface area (Å²) in [7, 11) is 0. The molecule has 232 valence electrons. The highest BCUT2D eigenvalue weighted by atomic mass is 16.4. The highest BCUT2D eigenvalue weighted by molar-refractivity contribution is 5.95. The fourth-order valence-electron chi connectivity index (χ4n) is 4.00. The zero-order valence-corrected chi connectivity index (χ0v) is 23.3. The van der Waals surface area contributed by atoms with Crippen LogP contribution in [-0.2, 0) is 36.8 Å². The highest BCUT2D eigenvalue weighted by Gasteiger charge is 2.31. The van der Waals surface area contributed by atoms with Gasteiger partial charge in [0.25, 0.3) is 0 Å². The molecule has 3 amide bonds. The Kier molecular flexibility index (Phi) is 13.4. The number of hydrogen-bond acceptors (Lipinski definition) is 8. The van der Waals surface area contributed by atoms with Crippen molar-refractivity contribution in [1.82, 2.24) is 16.0 Å². The van der Waals surface area contributed by atoms with Crippen molar-refractivity contribution in [2.45, 2.75) is 56.3 Å². The molecule has 0 spiro atoms. The number of carbonyl (C=O) groups excluding carboxylic acids is 3. The molecule has 2 aromatic carbocycles. The van der Waals surface area contributed by atoms with E-state index in [4.69, 9.17) is 22.3 Å². The van der Waals surface area contributed by atoms with E-state index in [2.05, 4.69) is 20.9 Å². The fraction of sp³-hybridized carbons (Fsp3) is 0.357. The smallest absolute Gasteiger partial charge is 0.326 e. The molecule has 4 unspecified atom stereocenters. The number of carboxylic acids is 2. The van der Waals surface area contributed by atoms with Crippen molar-refractivity contribution in [1.29, 1.82) is 0 Å². The van der Waals surface area contributed by atoms with E-state index in [1.165, 1.54) is 24.3 Å². The van der Waals surface area contributed by atoms with Crippen LogP contribution in [0.2, 0.25) is 0 Å². The van der Waals surface area contributed by atoms with Crippen molar-refractivity contribution >= 4 is 35.6 Å². The molecule has 2 rings (SSSR count). The summed E-state index contributed by atoms with van der Waals surface area (Å²) >= 11 is 0. The zero-order valence-electron chi connectivity index (χ0n) is 23.3. The van der Waals surface area contributed by atoms with E-state index in [0.29, 0.717) is 11.1 Å². The SMILES string of the molecule is NC(N)=NCCCC(NC(=O)C(N)CC(=O)O)C(=O)NC(Cc1ccccc1)C(=O)NC(Cc1ccc(O)cc1)C(=O)O. The van der Waals surface area contributed by atoms with Crippen molar-refractivity contribution in [3.8, 4) is 5.75 Å². The summed E-state index contributed by atoms with van der Waals surface area (Å²) in [5, 5.41) is 35.7. The number of amides is 3. The highest BCUT2D eigenvalue weighted by Crippen LogP contribution is 2.12. The van der Waals surface area contributed by atoms with Crippen molar-refractivity contribution < 1.29 is 39.3 Å². The third kappa shape index (κ3) is 12.5. The normalized spacial score (nSPS) is 13.4. The number of nitrogens with zero attached hydrogens (tertiary/aromatic N) is 1. The first-order chi connectivity index (χ1) is 20.3. The molecule has 0 aliphatic rings. The maximum atomic E-state index is 13.4. The Labute approximate surface area is 247 Å². The van der Waals surface area contributed by atoms with Crippen LogP contribution in [-0.4, -0.2) is 81.7 Å². The number of aliphatic imine (C=N–C) groups is 1. The van der Waals surface area contributed by atoms with Gasteiger partial charge < -0.3 is 48.5 Å². The summed E-state index contributed by atoms with van der Waals surface area (Å²) < 4.78 is 0. The van der Waals surface area contributed by atoms with Crippen LogP contribution in [0.4, 0.5) is 0 Å². The van der Waals surface area contributed by atoms with E-state index in [1.807, 2.05) is 0 Å². The number of phenols is 1. The van der Waals surface area contributed by atoms with Crippen molar-refractivity contribution in [2.24, 2.45) is 22.2 Å². The Morgan fingerprint density at radius 3 is 1.86 bits per heavy atom. The number of phenolic OH excluding ortho intramolecular Hbond substituents is 1. The van der Waals surface area contributed by atoms with Crippen LogP contribution in [0.5, 0.6) is 5.75 Å². The molecular weight excluding hydrogens is 562 g/mol. The first-order valence-electron chi connectivity index (χ1n) is 13.3. The molecule has 0 aromatic heterocycles. The topological polar surface area (TPSA) is 273 Å². The average Bonchev–Trinajstić information content (AvgIpc) is 2.94. The van der Waals surface area contributed by atoms with E-state index in [9.17, 15) is 34.2 Å². The molecule has 15 heteroatoms. The number of nitrogens with one attached hydrogen (secondary N) is 3. The molecule has 0 aliphatic heterocycles. The molecule has 15 nitrogen and oxygen atoms in total. The maximum Gasteiger partial charge on any atom is 0.326 e. The Morgan fingerprint density at radius 2 is 1.28 bits per heavy atom. The lowest BCUT2D eigenvalue weighted by molar-refractivity contribution is -0.142. The molecule has 0 aliphatic carbocycles. The van der Waals surface area contributed by atoms with Crippen LogP contribution in [0.25, 0.3) is 0 Å². The maximum absolute atomic E-state index is 13.4. The van der Waals surface area contributed by atoms with Gasteiger partial charge in [-0.25, -0.2) is 4.79 Å². The third-order valence-corrected chi connectivity index (χ3v) is 6.22. The predicted octanol–water partition coefficient (Wildman–Crippen LogP) is -1.43. The van der Waals surface area contributed by atoms with Crippen molar-refractivity contribution in [3.63, 3.8) is 0 Å². The molecule has 4 atom stereocenters. The summed E-state index contributed by atoms with van der Waals surface area (Å²) in [5.41, 5.74) is 17.5. The Hall–Kier alpha value is -5.18. The van der Waals surface area contributed by atoms with Gasteiger partial charge in [0.15, 0.2) is 5.96 Å². The largest absolute Gasteiger partial charge is 0.508 e. The minimum atomic E-state index is -1.44. The number of aromatic hydroxyl groups is 1. The van der Waals surface area contributed by atoms with Gasteiger partial charge in [-0.2, -0.15) is 0 Å². The van der Waals surface area contributed by atoms with Gasteiger partial charge in [-0.3, -0.25) is 24.2 Å². The van der Waals surface area contributed by atoms with E-state index in [-0.39, 0.29) is 43.9 Å². The summed E-state index contributed by atoms with van der Waals surface area (Å²) in [4.78, 5) is 66.2. The number of guanidine groups is 1. The second kappa shape index (κ2) is 16.9. The molecule has 0 saturated carbocycles. The van der Waals surface area contributed by atoms with Gasteiger partial charge in [-0.05, 0) is 36.1 Å². The standard InChI is InChI=1S/C28H37N7O8/c29-19(15-23(37)38)24(39)33-20(7-4-12-32-28(30)31)25(40)34-21(13-16-5-2-1-3-6-16)26(41)35-22(27(42)43)14-17-8-10-18(36)11-9-17/h1-3,5-6,8-11,19-22,36H,4,7,12-15,29H2,(H,33,39)(H,34,40)(H,35,41)(H,37,38)(H,42,43)(H4,30,31,32). The first-order valence-corrected chi connectivity index (χ1v) is 13.3. The van der Waals surface area contributed by atoms with Crippen LogP contribution >= 0.6 is 0 Å². The number of carboxylic acid groups (broad SMARTS) is 2. The van der Waals surface area contributed by atoms with E-state index < -0.39 is 60.2 Å². The molecule has 2 aromatic rings. The second-order valence-corrected chi connectivity index (χ2v) is 9.74. The first kappa shape index (κ1) is 34.0. The minimum absolute atomic E-state index is 0.00541. The lowest BCUT2D eigenvalue weighted by Gasteiger charge is -2.25. The van der Waals surface area contributed by atoms with Gasteiger partial charge in [0.05, 0.1) is 12.5 Å². The molecule has 0 saturated heterocycles. The Morgan fingerprint density at radius 1 is 0.744 bits per heavy atom. The van der Waals surface area contributed by atoms with Gasteiger partial charge in [-0.15, -0.1) is 0 Å². The summed E-state index contributed by atoms with van der Waals surface area (Å²) in [6.07, 6.45) is -0.555. The molecule has 43 heavy (non-hydrogen) atoms. The number of carbonyl (C=O) groups is 5. The lowest BCUT2D eigenvalue weighted by Crippen LogP contribution is -2.58. The van der Waals surface area contributed by atoms with E-state index in [1.54, 1.807) is 30.3 Å². The van der Waals surface area contributed by atoms with Crippen LogP contribution in [0.1, 0.15) is 30.4 Å². The molecule has 12 N–H and O–H groups in total. The lowest BCUT2D eigenvalue weighted by atomic mass is 10.0. The molecule has 0 fully saturated rings. The molecular formula is C28H37N7O8. The van der Waals surface area contributed by atoms with Crippen LogP contribution in [0, 0.1) is 0 Å². The van der Waals surface area contributed by atoms with Gasteiger partial charge in [-0.1, -0.05) is 42.5 Å². The number of rotatable bonds is 17. The quantitative estimate of drug-likeness (QED) is 0.0577. The van der Waals surface area contributed by atoms with E-state index >= 15 is 0 Å². The third-order valence-electron chi connectivity index (χ3n) is 6.22. The van der Waals surface area contributed by atoms with Gasteiger partial charge in [0.2, 0.25) is 17.7 Å². The van der Waals surface area contributed by atoms with Gasteiger partial charge >= 0.3 is 11.9 Å². The van der Waals surface area contributed by atoms with Crippen LogP contribution in [0.3, 0.4) is 0 Å². The predicted molar refractivity (Wildman–Crippen MR) is 156 cm³/mol. The number of aliphatic carboxylic acids is 2. The summed E-state index contributed by atoms with van der Waals surface area (Å²) in [6, 6.07) is 9.16. The van der Waals surface area contributed by atoms with Crippen LogP contribution in [0.15, 0.2) is 59.6 Å². The Balaban J connectivity index is 2.27. The molecule has 0 radical (unpaired) electrons. The van der Waals surface area contributed by atoms with Crippen LogP contribution < -0.4 is 33.2 Å². The average molecular weight is 600 g/mol.